The largest absolute Gasteiger partial charge is 0.366 e. The van der Waals surface area contributed by atoms with Gasteiger partial charge < -0.3 is 5.73 Å². The fourth-order valence-electron chi connectivity index (χ4n) is 2.31. The molecule has 0 radical (unpaired) electrons. The number of hydrogen-bond acceptors (Lipinski definition) is 2. The summed E-state index contributed by atoms with van der Waals surface area (Å²) in [6.07, 6.45) is 0. The Hall–Kier alpha value is -2.62. The number of primary amides is 1. The van der Waals surface area contributed by atoms with E-state index in [1.54, 1.807) is 29.7 Å². The summed E-state index contributed by atoms with van der Waals surface area (Å²) in [5, 5.41) is 0. The molecule has 4 nitrogen and oxygen atoms in total. The van der Waals surface area contributed by atoms with Crippen molar-refractivity contribution in [2.75, 3.05) is 0 Å². The molecule has 19 heavy (non-hydrogen) atoms. The van der Waals surface area contributed by atoms with Gasteiger partial charge in [-0.25, -0.2) is 0 Å². The summed E-state index contributed by atoms with van der Waals surface area (Å²) in [6.45, 7) is 1.80. The van der Waals surface area contributed by atoms with Crippen LogP contribution in [0.5, 0.6) is 0 Å². The van der Waals surface area contributed by atoms with Crippen molar-refractivity contribution < 1.29 is 9.59 Å². The number of nitrogens with two attached hydrogens (primary N) is 1. The predicted octanol–water partition coefficient (Wildman–Crippen LogP) is 2.17. The lowest BCUT2D eigenvalue weighted by Gasteiger charge is -2.07. The second-order valence-electron chi connectivity index (χ2n) is 4.55. The van der Waals surface area contributed by atoms with Crippen LogP contribution in [0.3, 0.4) is 0 Å². The van der Waals surface area contributed by atoms with Gasteiger partial charge >= 0.3 is 0 Å². The molecule has 0 aliphatic carbocycles. The average Bonchev–Trinajstić information content (AvgIpc) is 2.97. The van der Waals surface area contributed by atoms with Crippen LogP contribution < -0.4 is 5.73 Å². The second-order valence-corrected chi connectivity index (χ2v) is 4.55. The third kappa shape index (κ3) is 1.69. The van der Waals surface area contributed by atoms with Crippen molar-refractivity contribution in [3.8, 4) is 0 Å². The molecule has 2 heterocycles. The molecule has 4 heteroatoms. The molecule has 0 saturated heterocycles. The van der Waals surface area contributed by atoms with E-state index < -0.39 is 5.91 Å². The molecule has 0 aliphatic heterocycles. The first kappa shape index (κ1) is 11.5. The van der Waals surface area contributed by atoms with Gasteiger partial charge in [0.25, 0.3) is 5.91 Å². The maximum atomic E-state index is 12.5. The first-order valence-corrected chi connectivity index (χ1v) is 5.93. The SMILES string of the molecule is Cc1cc(C(N)=O)ccc1C(=O)n1c2ccc1cc2. The van der Waals surface area contributed by atoms with Crippen LogP contribution in [0.4, 0.5) is 0 Å². The monoisotopic (exact) mass is 252 g/mol. The first-order valence-electron chi connectivity index (χ1n) is 5.93. The minimum absolute atomic E-state index is 0.0893. The fraction of sp³-hybridized carbons (Fsp3) is 0.0667. The lowest BCUT2D eigenvalue weighted by Crippen LogP contribution is -2.15. The van der Waals surface area contributed by atoms with Crippen LogP contribution in [0.25, 0.3) is 11.0 Å². The minimum atomic E-state index is -0.490. The number of hydrogen-bond donors (Lipinski definition) is 1. The van der Waals surface area contributed by atoms with Crippen LogP contribution in [-0.4, -0.2) is 16.4 Å². The molecule has 94 valence electrons. The van der Waals surface area contributed by atoms with Gasteiger partial charge in [-0.3, -0.25) is 14.2 Å². The Morgan fingerprint density at radius 1 is 1.00 bits per heavy atom. The zero-order valence-electron chi connectivity index (χ0n) is 10.4. The molecule has 0 saturated carbocycles. The predicted molar refractivity (Wildman–Crippen MR) is 72.5 cm³/mol. The highest BCUT2D eigenvalue weighted by atomic mass is 16.2. The Labute approximate surface area is 109 Å². The van der Waals surface area contributed by atoms with Gasteiger partial charge in [-0.2, -0.15) is 0 Å². The highest BCUT2D eigenvalue weighted by Crippen LogP contribution is 2.20. The lowest BCUT2D eigenvalue weighted by atomic mass is 10.0. The average molecular weight is 252 g/mol. The Balaban J connectivity index is 2.08. The minimum Gasteiger partial charge on any atom is -0.366 e. The zero-order chi connectivity index (χ0) is 13.6. The van der Waals surface area contributed by atoms with E-state index in [2.05, 4.69) is 0 Å². The molecule has 1 aromatic carbocycles. The summed E-state index contributed by atoms with van der Waals surface area (Å²) in [6, 6.07) is 12.5. The van der Waals surface area contributed by atoms with Crippen LogP contribution in [0.1, 0.15) is 26.3 Å². The Bertz CT molecular complexity index is 738. The van der Waals surface area contributed by atoms with Gasteiger partial charge in [-0.1, -0.05) is 0 Å². The Kier molecular flexibility index (Phi) is 2.38. The number of carbonyl (C=O) groups is 2. The van der Waals surface area contributed by atoms with Crippen LogP contribution in [0, 0.1) is 6.92 Å². The van der Waals surface area contributed by atoms with Crippen molar-refractivity contribution in [1.29, 1.82) is 0 Å². The molecule has 2 aromatic heterocycles. The van der Waals surface area contributed by atoms with Crippen LogP contribution in [0.2, 0.25) is 0 Å². The maximum absolute atomic E-state index is 12.5. The first-order chi connectivity index (χ1) is 9.08. The van der Waals surface area contributed by atoms with E-state index in [-0.39, 0.29) is 5.91 Å². The summed E-state index contributed by atoms with van der Waals surface area (Å²) in [7, 11) is 0. The molecular weight excluding hydrogens is 240 g/mol. The highest BCUT2D eigenvalue weighted by molar-refractivity contribution is 6.04. The van der Waals surface area contributed by atoms with E-state index in [0.29, 0.717) is 11.1 Å². The van der Waals surface area contributed by atoms with E-state index in [9.17, 15) is 9.59 Å². The molecule has 0 aliphatic rings. The van der Waals surface area contributed by atoms with Gasteiger partial charge in [-0.15, -0.1) is 0 Å². The summed E-state index contributed by atoms with van der Waals surface area (Å²) in [4.78, 5) is 23.6. The molecule has 0 atom stereocenters. The zero-order valence-corrected chi connectivity index (χ0v) is 10.4. The van der Waals surface area contributed by atoms with E-state index in [1.165, 1.54) is 0 Å². The van der Waals surface area contributed by atoms with Crippen LogP contribution in [-0.2, 0) is 0 Å². The molecule has 0 unspecified atom stereocenters. The Morgan fingerprint density at radius 3 is 2.05 bits per heavy atom. The van der Waals surface area contributed by atoms with Gasteiger partial charge in [0.1, 0.15) is 0 Å². The molecule has 0 spiro atoms. The molecule has 2 N–H and O–H groups in total. The summed E-state index contributed by atoms with van der Waals surface area (Å²) in [5.41, 5.74) is 8.70. The lowest BCUT2D eigenvalue weighted by molar-refractivity contribution is 0.0965. The molecule has 3 aromatic rings. The topological polar surface area (TPSA) is 65.1 Å². The quantitative estimate of drug-likeness (QED) is 0.759. The molecule has 3 rings (SSSR count). The summed E-state index contributed by atoms with van der Waals surface area (Å²) < 4.78 is 1.66. The van der Waals surface area contributed by atoms with Gasteiger partial charge in [0, 0.05) is 22.2 Å². The van der Waals surface area contributed by atoms with Crippen molar-refractivity contribution in [2.45, 2.75) is 6.92 Å². The maximum Gasteiger partial charge on any atom is 0.263 e. The Morgan fingerprint density at radius 2 is 1.58 bits per heavy atom. The van der Waals surface area contributed by atoms with Crippen molar-refractivity contribution in [3.05, 3.63) is 59.2 Å². The van der Waals surface area contributed by atoms with Crippen molar-refractivity contribution in [3.63, 3.8) is 0 Å². The number of carbonyl (C=O) groups excluding carboxylic acids is 2. The van der Waals surface area contributed by atoms with Crippen LogP contribution in [0.15, 0.2) is 42.5 Å². The molecule has 0 fully saturated rings. The number of amides is 1. The third-order valence-electron chi connectivity index (χ3n) is 3.31. The number of fused-ring (bicyclic) bond motifs is 2. The van der Waals surface area contributed by atoms with Crippen molar-refractivity contribution in [1.82, 2.24) is 4.57 Å². The number of aryl methyl sites for hydroxylation is 1. The van der Waals surface area contributed by atoms with E-state index in [1.807, 2.05) is 24.3 Å². The van der Waals surface area contributed by atoms with E-state index in [4.69, 9.17) is 5.73 Å². The number of nitrogens with zero attached hydrogens (tertiary/aromatic N) is 1. The fourth-order valence-corrected chi connectivity index (χ4v) is 2.31. The van der Waals surface area contributed by atoms with Gasteiger partial charge in [0.2, 0.25) is 5.91 Å². The standard InChI is InChI=1S/C15H12N2O2/c1-9-8-10(14(16)18)2-7-13(9)15(19)17-11-3-4-12(17)6-5-11/h2-8H,1H3,(H2,16,18). The normalized spacial score (nSPS) is 11.0. The smallest absolute Gasteiger partial charge is 0.263 e. The van der Waals surface area contributed by atoms with Crippen molar-refractivity contribution >= 4 is 22.8 Å². The third-order valence-corrected chi connectivity index (χ3v) is 3.31. The van der Waals surface area contributed by atoms with E-state index >= 15 is 0 Å². The van der Waals surface area contributed by atoms with Gasteiger partial charge in [0.05, 0.1) is 0 Å². The van der Waals surface area contributed by atoms with Gasteiger partial charge in [0.15, 0.2) is 0 Å². The second kappa shape index (κ2) is 3.95. The molecule has 1 amide bonds. The molecule has 2 bridgehead atoms. The van der Waals surface area contributed by atoms with Crippen molar-refractivity contribution in [2.24, 2.45) is 5.73 Å². The van der Waals surface area contributed by atoms with Gasteiger partial charge in [-0.05, 0) is 55.0 Å². The number of aromatic nitrogens is 1. The highest BCUT2D eigenvalue weighted by Gasteiger charge is 2.16. The number of benzene rings is 2. The summed E-state index contributed by atoms with van der Waals surface area (Å²) in [5.74, 6) is -0.580. The summed E-state index contributed by atoms with van der Waals surface area (Å²) >= 11 is 0. The number of rotatable bonds is 2. The van der Waals surface area contributed by atoms with E-state index in [0.717, 1.165) is 16.6 Å². The van der Waals surface area contributed by atoms with Crippen LogP contribution >= 0.6 is 0 Å². The molecular formula is C15H12N2O2.